The molecule has 4 atom stereocenters. The number of fused-ring (bicyclic) bond motifs is 2. The molecule has 194 valence electrons. The minimum Gasteiger partial charge on any atom is -0.481 e. The van der Waals surface area contributed by atoms with E-state index in [0.29, 0.717) is 21.5 Å². The molecule has 2 aliphatic rings. The predicted octanol–water partition coefficient (Wildman–Crippen LogP) is 5.14. The molecule has 8 nitrogen and oxygen atoms in total. The van der Waals surface area contributed by atoms with E-state index in [4.69, 9.17) is 9.47 Å². The fourth-order valence-electron chi connectivity index (χ4n) is 5.32. The van der Waals surface area contributed by atoms with E-state index in [1.54, 1.807) is 72.8 Å². The maximum atomic E-state index is 13.3. The maximum Gasteiger partial charge on any atom is 0.315 e. The zero-order valence-corrected chi connectivity index (χ0v) is 20.4. The first kappa shape index (κ1) is 25.2. The molecular weight excluding hydrogens is 488 g/mol. The Morgan fingerprint density at radius 3 is 1.11 bits per heavy atom. The quantitative estimate of drug-likeness (QED) is 0.200. The standard InChI is InChI=1S/C30H26O8/c31-27(32)21-13-5-7-15-23(21)29(35)37-25-17-9-1-2-10-18(17)26(20-12-4-3-11-19(20)25)38-30(36)24-16-8-6-14-22(24)28(33)34/h1-12,21-24H,13-16H2,(H,31,32)(H,33,34). The largest absolute Gasteiger partial charge is 0.481 e. The Balaban J connectivity index is 1.57. The van der Waals surface area contributed by atoms with Gasteiger partial charge in [-0.1, -0.05) is 72.8 Å². The van der Waals surface area contributed by atoms with Crippen molar-refractivity contribution in [1.29, 1.82) is 0 Å². The molecule has 2 N–H and O–H groups in total. The van der Waals surface area contributed by atoms with Crippen molar-refractivity contribution in [2.45, 2.75) is 25.7 Å². The molecule has 38 heavy (non-hydrogen) atoms. The number of rotatable bonds is 6. The van der Waals surface area contributed by atoms with Gasteiger partial charge in [-0.15, -0.1) is 0 Å². The number of allylic oxidation sites excluding steroid dienone is 4. The lowest BCUT2D eigenvalue weighted by molar-refractivity contribution is -0.152. The summed E-state index contributed by atoms with van der Waals surface area (Å²) in [4.78, 5) is 50.1. The zero-order valence-electron chi connectivity index (χ0n) is 20.4. The summed E-state index contributed by atoms with van der Waals surface area (Å²) in [6.45, 7) is 0. The fourth-order valence-corrected chi connectivity index (χ4v) is 5.32. The molecule has 4 unspecified atom stereocenters. The third kappa shape index (κ3) is 4.65. The molecular formula is C30H26O8. The number of aliphatic carboxylic acids is 2. The van der Waals surface area contributed by atoms with Crippen molar-refractivity contribution in [3.63, 3.8) is 0 Å². The molecule has 0 saturated heterocycles. The average Bonchev–Trinajstić information content (AvgIpc) is 2.94. The Bertz CT molecular complexity index is 1330. The van der Waals surface area contributed by atoms with E-state index in [1.165, 1.54) is 0 Å². The number of carbonyl (C=O) groups is 4. The van der Waals surface area contributed by atoms with Crippen LogP contribution in [0.3, 0.4) is 0 Å². The molecule has 0 aromatic heterocycles. The van der Waals surface area contributed by atoms with E-state index in [-0.39, 0.29) is 37.2 Å². The van der Waals surface area contributed by atoms with Gasteiger partial charge in [0.05, 0.1) is 23.7 Å². The molecule has 0 heterocycles. The molecule has 0 amide bonds. The Kier molecular flexibility index (Phi) is 6.96. The van der Waals surface area contributed by atoms with E-state index >= 15 is 0 Å². The number of carboxylic acid groups (broad SMARTS) is 2. The van der Waals surface area contributed by atoms with Crippen molar-refractivity contribution in [3.8, 4) is 11.5 Å². The highest BCUT2D eigenvalue weighted by molar-refractivity contribution is 6.13. The second-order valence-corrected chi connectivity index (χ2v) is 9.58. The van der Waals surface area contributed by atoms with Crippen molar-refractivity contribution in [2.75, 3.05) is 0 Å². The van der Waals surface area contributed by atoms with Gasteiger partial charge in [0.25, 0.3) is 0 Å². The second kappa shape index (κ2) is 10.5. The molecule has 5 rings (SSSR count). The number of esters is 2. The van der Waals surface area contributed by atoms with Crippen molar-refractivity contribution in [3.05, 3.63) is 72.8 Å². The van der Waals surface area contributed by atoms with E-state index in [9.17, 15) is 29.4 Å². The number of ether oxygens (including phenoxy) is 2. The van der Waals surface area contributed by atoms with Gasteiger partial charge in [-0.2, -0.15) is 0 Å². The van der Waals surface area contributed by atoms with Crippen LogP contribution in [0.4, 0.5) is 0 Å². The fraction of sp³-hybridized carbons (Fsp3) is 0.267. The maximum absolute atomic E-state index is 13.3. The first-order valence-corrected chi connectivity index (χ1v) is 12.5. The average molecular weight is 515 g/mol. The van der Waals surface area contributed by atoms with Crippen LogP contribution in [0.15, 0.2) is 72.8 Å². The summed E-state index contributed by atoms with van der Waals surface area (Å²) in [6.07, 6.45) is 8.12. The lowest BCUT2D eigenvalue weighted by Gasteiger charge is -2.25. The third-order valence-electron chi connectivity index (χ3n) is 7.34. The van der Waals surface area contributed by atoms with Crippen LogP contribution in [-0.4, -0.2) is 34.1 Å². The SMILES string of the molecule is O=C(O)C1CC=CCC1C(=O)Oc1c2ccccc2c(OC(=O)C2CC=CCC2C(=O)O)c2ccccc12. The monoisotopic (exact) mass is 514 g/mol. The number of hydrogen-bond donors (Lipinski definition) is 2. The molecule has 0 saturated carbocycles. The first-order chi connectivity index (χ1) is 18.4. The number of hydrogen-bond acceptors (Lipinski definition) is 6. The van der Waals surface area contributed by atoms with E-state index in [0.717, 1.165) is 0 Å². The smallest absolute Gasteiger partial charge is 0.315 e. The second-order valence-electron chi connectivity index (χ2n) is 9.58. The van der Waals surface area contributed by atoms with Gasteiger partial charge in [0.1, 0.15) is 11.5 Å². The molecule has 0 fully saturated rings. The van der Waals surface area contributed by atoms with Crippen molar-refractivity contribution in [2.24, 2.45) is 23.7 Å². The van der Waals surface area contributed by atoms with Gasteiger partial charge in [-0.3, -0.25) is 19.2 Å². The molecule has 0 aliphatic heterocycles. The first-order valence-electron chi connectivity index (χ1n) is 12.5. The van der Waals surface area contributed by atoms with E-state index < -0.39 is 47.5 Å². The summed E-state index contributed by atoms with van der Waals surface area (Å²) < 4.78 is 11.8. The van der Waals surface area contributed by atoms with Crippen LogP contribution in [0.5, 0.6) is 11.5 Å². The molecule has 3 aromatic carbocycles. The minimum atomic E-state index is -1.05. The predicted molar refractivity (Wildman–Crippen MR) is 139 cm³/mol. The van der Waals surface area contributed by atoms with Crippen LogP contribution in [-0.2, 0) is 19.2 Å². The van der Waals surface area contributed by atoms with E-state index in [1.807, 2.05) is 0 Å². The summed E-state index contributed by atoms with van der Waals surface area (Å²) in [5, 5.41) is 21.3. The normalized spacial score (nSPS) is 22.7. The highest BCUT2D eigenvalue weighted by atomic mass is 16.5. The van der Waals surface area contributed by atoms with E-state index in [2.05, 4.69) is 0 Å². The highest BCUT2D eigenvalue weighted by Crippen LogP contribution is 2.44. The van der Waals surface area contributed by atoms with Crippen molar-refractivity contribution < 1.29 is 38.9 Å². The van der Waals surface area contributed by atoms with Crippen molar-refractivity contribution >= 4 is 45.4 Å². The number of benzene rings is 3. The van der Waals surface area contributed by atoms with Crippen LogP contribution in [0.2, 0.25) is 0 Å². The summed E-state index contributed by atoms with van der Waals surface area (Å²) >= 11 is 0. The molecule has 0 bridgehead atoms. The molecule has 0 spiro atoms. The van der Waals surface area contributed by atoms with Gasteiger partial charge >= 0.3 is 23.9 Å². The Labute approximate surface area is 218 Å². The summed E-state index contributed by atoms with van der Waals surface area (Å²) in [5.74, 6) is -6.29. The van der Waals surface area contributed by atoms with Gasteiger partial charge in [0.2, 0.25) is 0 Å². The van der Waals surface area contributed by atoms with Crippen LogP contribution in [0, 0.1) is 23.7 Å². The van der Waals surface area contributed by atoms with Gasteiger partial charge < -0.3 is 19.7 Å². The summed E-state index contributed by atoms with van der Waals surface area (Å²) in [5.41, 5.74) is 0. The molecule has 8 heteroatoms. The number of carbonyl (C=O) groups excluding carboxylic acids is 2. The summed E-state index contributed by atoms with van der Waals surface area (Å²) in [7, 11) is 0. The molecule has 2 aliphatic carbocycles. The van der Waals surface area contributed by atoms with Crippen LogP contribution in [0.25, 0.3) is 21.5 Å². The molecule has 0 radical (unpaired) electrons. The minimum absolute atomic E-state index is 0.249. The van der Waals surface area contributed by atoms with Gasteiger partial charge in [0, 0.05) is 21.5 Å². The third-order valence-corrected chi connectivity index (χ3v) is 7.34. The van der Waals surface area contributed by atoms with Crippen molar-refractivity contribution in [1.82, 2.24) is 0 Å². The lowest BCUT2D eigenvalue weighted by Crippen LogP contribution is -2.34. The van der Waals surface area contributed by atoms with Gasteiger partial charge in [-0.25, -0.2) is 0 Å². The Hall–Kier alpha value is -4.46. The summed E-state index contributed by atoms with van der Waals surface area (Å²) in [6, 6.07) is 14.0. The Morgan fingerprint density at radius 1 is 0.526 bits per heavy atom. The highest BCUT2D eigenvalue weighted by Gasteiger charge is 2.37. The zero-order chi connectivity index (χ0) is 26.8. The molecule has 3 aromatic rings. The lowest BCUT2D eigenvalue weighted by atomic mass is 9.83. The Morgan fingerprint density at radius 2 is 0.816 bits per heavy atom. The van der Waals surface area contributed by atoms with Crippen LogP contribution in [0.1, 0.15) is 25.7 Å². The number of carboxylic acids is 2. The van der Waals surface area contributed by atoms with Crippen LogP contribution >= 0.6 is 0 Å². The van der Waals surface area contributed by atoms with Crippen LogP contribution < -0.4 is 9.47 Å². The van der Waals surface area contributed by atoms with Gasteiger partial charge in [0.15, 0.2) is 0 Å². The van der Waals surface area contributed by atoms with Gasteiger partial charge in [-0.05, 0) is 25.7 Å². The topological polar surface area (TPSA) is 127 Å².